The number of nitrogens with two attached hydrogens (primary N) is 1. The lowest BCUT2D eigenvalue weighted by atomic mass is 9.91. The molecule has 128 valence electrons. The molecule has 1 saturated heterocycles. The van der Waals surface area contributed by atoms with Crippen molar-refractivity contribution in [2.24, 2.45) is 5.73 Å². The molecule has 0 aliphatic carbocycles. The first-order valence-corrected chi connectivity index (χ1v) is 7.47. The van der Waals surface area contributed by atoms with Crippen molar-refractivity contribution in [1.82, 2.24) is 10.6 Å². The Labute approximate surface area is 146 Å². The average molecular weight is 362 g/mol. The summed E-state index contributed by atoms with van der Waals surface area (Å²) < 4.78 is 5.31. The molecule has 1 aliphatic heterocycles. The Morgan fingerprint density at radius 2 is 2.26 bits per heavy atom. The normalized spacial score (nSPS) is 20.0. The summed E-state index contributed by atoms with van der Waals surface area (Å²) in [6.45, 7) is 3.39. The van der Waals surface area contributed by atoms with Gasteiger partial charge in [0.25, 0.3) is 0 Å². The number of carbonyl (C=O) groups excluding carboxylic acids is 2. The van der Waals surface area contributed by atoms with Crippen LogP contribution in [0.2, 0.25) is 5.02 Å². The SMILES string of the molecule is CC(NC(=O)CC1COCCN1)(C(N)=O)c1cccc(Cl)c1.Cl. The van der Waals surface area contributed by atoms with E-state index in [1.807, 2.05) is 0 Å². The van der Waals surface area contributed by atoms with E-state index in [0.29, 0.717) is 30.3 Å². The van der Waals surface area contributed by atoms with Crippen LogP contribution in [0.1, 0.15) is 18.9 Å². The van der Waals surface area contributed by atoms with Gasteiger partial charge in [-0.15, -0.1) is 12.4 Å². The van der Waals surface area contributed by atoms with E-state index < -0.39 is 11.4 Å². The Bertz CT molecular complexity index is 565. The number of benzene rings is 1. The largest absolute Gasteiger partial charge is 0.378 e. The number of primary amides is 1. The van der Waals surface area contributed by atoms with Gasteiger partial charge in [-0.2, -0.15) is 0 Å². The Morgan fingerprint density at radius 3 is 2.83 bits per heavy atom. The van der Waals surface area contributed by atoms with E-state index in [1.165, 1.54) is 0 Å². The highest BCUT2D eigenvalue weighted by Crippen LogP contribution is 2.23. The second-order valence-corrected chi connectivity index (χ2v) is 5.91. The Hall–Kier alpha value is -1.34. The molecule has 0 aromatic heterocycles. The maximum atomic E-state index is 12.2. The van der Waals surface area contributed by atoms with Gasteiger partial charge in [-0.05, 0) is 24.6 Å². The molecule has 0 radical (unpaired) electrons. The van der Waals surface area contributed by atoms with Gasteiger partial charge in [0.2, 0.25) is 11.8 Å². The average Bonchev–Trinajstić information content (AvgIpc) is 2.47. The number of amides is 2. The third-order valence-corrected chi connectivity index (χ3v) is 3.95. The summed E-state index contributed by atoms with van der Waals surface area (Å²) in [5.74, 6) is -0.916. The van der Waals surface area contributed by atoms with E-state index in [4.69, 9.17) is 22.1 Å². The molecule has 1 heterocycles. The number of ether oxygens (including phenoxy) is 1. The fourth-order valence-electron chi connectivity index (χ4n) is 2.38. The number of hydrogen-bond donors (Lipinski definition) is 3. The standard InChI is InChI=1S/C15H20ClN3O3.ClH/c1-15(14(17)21,10-3-2-4-11(16)7-10)19-13(20)8-12-9-22-6-5-18-12;/h2-4,7,12,18H,5-6,8-9H2,1H3,(H2,17,21)(H,19,20);1H. The molecule has 2 unspecified atom stereocenters. The number of nitrogens with one attached hydrogen (secondary N) is 2. The van der Waals surface area contributed by atoms with Gasteiger partial charge in [-0.3, -0.25) is 9.59 Å². The molecular weight excluding hydrogens is 341 g/mol. The zero-order valence-corrected chi connectivity index (χ0v) is 14.4. The van der Waals surface area contributed by atoms with E-state index in [2.05, 4.69) is 10.6 Å². The van der Waals surface area contributed by atoms with Crippen molar-refractivity contribution in [3.05, 3.63) is 34.9 Å². The molecule has 8 heteroatoms. The van der Waals surface area contributed by atoms with Gasteiger partial charge in [-0.25, -0.2) is 0 Å². The van der Waals surface area contributed by atoms with Crippen LogP contribution in [0.3, 0.4) is 0 Å². The van der Waals surface area contributed by atoms with Gasteiger partial charge in [0.15, 0.2) is 0 Å². The van der Waals surface area contributed by atoms with Crippen LogP contribution in [-0.2, 0) is 19.9 Å². The molecule has 23 heavy (non-hydrogen) atoms. The Balaban J connectivity index is 0.00000264. The van der Waals surface area contributed by atoms with Crippen molar-refractivity contribution in [2.45, 2.75) is 24.9 Å². The Morgan fingerprint density at radius 1 is 1.52 bits per heavy atom. The van der Waals surface area contributed by atoms with E-state index >= 15 is 0 Å². The molecule has 0 bridgehead atoms. The van der Waals surface area contributed by atoms with Gasteiger partial charge < -0.3 is 21.1 Å². The number of carbonyl (C=O) groups is 2. The maximum absolute atomic E-state index is 12.2. The summed E-state index contributed by atoms with van der Waals surface area (Å²) in [5.41, 5.74) is 4.74. The summed E-state index contributed by atoms with van der Waals surface area (Å²) >= 11 is 5.96. The predicted molar refractivity (Wildman–Crippen MR) is 90.6 cm³/mol. The van der Waals surface area contributed by atoms with Gasteiger partial charge >= 0.3 is 0 Å². The van der Waals surface area contributed by atoms with E-state index in [9.17, 15) is 9.59 Å². The van der Waals surface area contributed by atoms with Crippen molar-refractivity contribution in [1.29, 1.82) is 0 Å². The molecule has 1 aromatic carbocycles. The van der Waals surface area contributed by atoms with Crippen molar-refractivity contribution in [2.75, 3.05) is 19.8 Å². The van der Waals surface area contributed by atoms with Gasteiger partial charge in [-0.1, -0.05) is 23.7 Å². The summed E-state index contributed by atoms with van der Waals surface area (Å²) in [6.07, 6.45) is 0.212. The Kier molecular flexibility index (Phi) is 7.28. The number of hydrogen-bond acceptors (Lipinski definition) is 4. The van der Waals surface area contributed by atoms with Crippen LogP contribution in [0.25, 0.3) is 0 Å². The third-order valence-electron chi connectivity index (χ3n) is 3.71. The molecule has 4 N–H and O–H groups in total. The highest BCUT2D eigenvalue weighted by molar-refractivity contribution is 6.30. The zero-order valence-electron chi connectivity index (χ0n) is 12.8. The van der Waals surface area contributed by atoms with Crippen LogP contribution in [-0.4, -0.2) is 37.6 Å². The van der Waals surface area contributed by atoms with E-state index in [-0.39, 0.29) is 30.8 Å². The highest BCUT2D eigenvalue weighted by Gasteiger charge is 2.35. The first kappa shape index (κ1) is 19.7. The van der Waals surface area contributed by atoms with Gasteiger partial charge in [0.1, 0.15) is 5.54 Å². The quantitative estimate of drug-likeness (QED) is 0.727. The summed E-state index contributed by atoms with van der Waals surface area (Å²) in [7, 11) is 0. The first-order valence-electron chi connectivity index (χ1n) is 7.10. The van der Waals surface area contributed by atoms with Gasteiger partial charge in [0, 0.05) is 24.0 Å². The molecular formula is C15H21Cl2N3O3. The molecule has 0 saturated carbocycles. The molecule has 1 aliphatic rings. The van der Waals surface area contributed by atoms with Gasteiger partial charge in [0.05, 0.1) is 13.2 Å². The third kappa shape index (κ3) is 5.07. The summed E-state index contributed by atoms with van der Waals surface area (Å²) in [4.78, 5) is 24.1. The van der Waals surface area contributed by atoms with Crippen molar-refractivity contribution in [3.8, 4) is 0 Å². The van der Waals surface area contributed by atoms with Crippen molar-refractivity contribution < 1.29 is 14.3 Å². The highest BCUT2D eigenvalue weighted by atomic mass is 35.5. The van der Waals surface area contributed by atoms with Crippen molar-refractivity contribution >= 4 is 35.8 Å². The predicted octanol–water partition coefficient (Wildman–Crippen LogP) is 0.957. The summed E-state index contributed by atoms with van der Waals surface area (Å²) in [5, 5.41) is 6.38. The topological polar surface area (TPSA) is 93.4 Å². The molecule has 6 nitrogen and oxygen atoms in total. The van der Waals surface area contributed by atoms with Crippen molar-refractivity contribution in [3.63, 3.8) is 0 Å². The van der Waals surface area contributed by atoms with E-state index in [1.54, 1.807) is 31.2 Å². The zero-order chi connectivity index (χ0) is 16.2. The number of halogens is 2. The summed E-state index contributed by atoms with van der Waals surface area (Å²) in [6, 6.07) is 6.66. The van der Waals surface area contributed by atoms with Crippen LogP contribution in [0, 0.1) is 0 Å². The maximum Gasteiger partial charge on any atom is 0.247 e. The lowest BCUT2D eigenvalue weighted by Gasteiger charge is -2.30. The molecule has 2 amide bonds. The fraction of sp³-hybridized carbons (Fsp3) is 0.467. The lowest BCUT2D eigenvalue weighted by Crippen LogP contribution is -2.54. The number of morpholine rings is 1. The fourth-order valence-corrected chi connectivity index (χ4v) is 2.57. The van der Waals surface area contributed by atoms with Crippen LogP contribution in [0.4, 0.5) is 0 Å². The minimum absolute atomic E-state index is 0. The smallest absolute Gasteiger partial charge is 0.247 e. The molecule has 2 rings (SSSR count). The molecule has 0 spiro atoms. The van der Waals surface area contributed by atoms with Crippen LogP contribution in [0.15, 0.2) is 24.3 Å². The molecule has 1 aromatic rings. The van der Waals surface area contributed by atoms with Crippen LogP contribution in [0.5, 0.6) is 0 Å². The first-order chi connectivity index (χ1) is 10.4. The van der Waals surface area contributed by atoms with E-state index in [0.717, 1.165) is 0 Å². The van der Waals surface area contributed by atoms with Crippen LogP contribution < -0.4 is 16.4 Å². The lowest BCUT2D eigenvalue weighted by molar-refractivity contribution is -0.132. The second kappa shape index (κ2) is 8.49. The molecule has 2 atom stereocenters. The monoisotopic (exact) mass is 361 g/mol. The number of rotatable bonds is 5. The van der Waals surface area contributed by atoms with Crippen LogP contribution >= 0.6 is 24.0 Å². The molecule has 1 fully saturated rings. The minimum Gasteiger partial charge on any atom is -0.378 e. The second-order valence-electron chi connectivity index (χ2n) is 5.48. The minimum atomic E-state index is -1.31.